The molecule has 2 N–H and O–H groups in total. The van der Waals surface area contributed by atoms with Crippen LogP contribution in [0.4, 0.5) is 5.69 Å². The molecule has 0 unspecified atom stereocenters. The van der Waals surface area contributed by atoms with Crippen LogP contribution in [0.2, 0.25) is 0 Å². The normalized spacial score (nSPS) is 10.3. The van der Waals surface area contributed by atoms with Gasteiger partial charge in [-0.2, -0.15) is 0 Å². The fraction of sp³-hybridized carbons (Fsp3) is 0.200. The van der Waals surface area contributed by atoms with Crippen molar-refractivity contribution < 1.29 is 9.47 Å². The molecule has 0 fully saturated rings. The van der Waals surface area contributed by atoms with E-state index >= 15 is 0 Å². The summed E-state index contributed by atoms with van der Waals surface area (Å²) in [6.45, 7) is 2.48. The molecule has 0 bridgehead atoms. The van der Waals surface area contributed by atoms with Gasteiger partial charge in [0, 0.05) is 11.3 Å². The van der Waals surface area contributed by atoms with Crippen LogP contribution in [0.1, 0.15) is 11.1 Å². The Morgan fingerprint density at radius 1 is 1.16 bits per heavy atom. The molecule has 0 amide bonds. The van der Waals surface area contributed by atoms with Gasteiger partial charge in [0.1, 0.15) is 18.1 Å². The molecule has 2 rings (SSSR count). The highest BCUT2D eigenvalue weighted by molar-refractivity contribution is 9.10. The molecular formula is C15H16BrNO2. The summed E-state index contributed by atoms with van der Waals surface area (Å²) < 4.78 is 11.9. The standard InChI is InChI=1S/C15H16BrNO2/c1-10-6-7-13(18-2)11(8-10)9-19-14-5-3-4-12(17)15(14)16/h3-8H,9,17H2,1-2H3. The molecule has 2 aromatic rings. The lowest BCUT2D eigenvalue weighted by atomic mass is 10.1. The fourth-order valence-corrected chi connectivity index (χ4v) is 2.19. The quantitative estimate of drug-likeness (QED) is 0.868. The van der Waals surface area contributed by atoms with Crippen LogP contribution in [-0.4, -0.2) is 7.11 Å². The lowest BCUT2D eigenvalue weighted by molar-refractivity contribution is 0.295. The van der Waals surface area contributed by atoms with Crippen molar-refractivity contribution in [1.82, 2.24) is 0 Å². The first-order valence-corrected chi connectivity index (χ1v) is 6.71. The molecule has 2 aromatic carbocycles. The zero-order chi connectivity index (χ0) is 13.8. The van der Waals surface area contributed by atoms with Gasteiger partial charge in [0.2, 0.25) is 0 Å². The Hall–Kier alpha value is -1.68. The van der Waals surface area contributed by atoms with Gasteiger partial charge in [-0.15, -0.1) is 0 Å². The predicted octanol–water partition coefficient (Wildman–Crippen LogP) is 3.93. The number of benzene rings is 2. The fourth-order valence-electron chi connectivity index (χ4n) is 1.81. The van der Waals surface area contributed by atoms with Crippen LogP contribution in [0.15, 0.2) is 40.9 Å². The number of hydrogen-bond donors (Lipinski definition) is 1. The van der Waals surface area contributed by atoms with Gasteiger partial charge in [-0.1, -0.05) is 17.7 Å². The number of rotatable bonds is 4. The third-order valence-corrected chi connectivity index (χ3v) is 3.66. The Morgan fingerprint density at radius 3 is 2.68 bits per heavy atom. The van der Waals surface area contributed by atoms with Gasteiger partial charge in [-0.05, 0) is 47.1 Å². The molecule has 0 heterocycles. The van der Waals surface area contributed by atoms with Crippen molar-refractivity contribution in [3.63, 3.8) is 0 Å². The van der Waals surface area contributed by atoms with Gasteiger partial charge in [0.15, 0.2) is 0 Å². The smallest absolute Gasteiger partial charge is 0.136 e. The maximum atomic E-state index is 5.82. The van der Waals surface area contributed by atoms with E-state index in [0.717, 1.165) is 21.5 Å². The van der Waals surface area contributed by atoms with Crippen LogP contribution in [-0.2, 0) is 6.61 Å². The van der Waals surface area contributed by atoms with Crippen molar-refractivity contribution in [3.8, 4) is 11.5 Å². The van der Waals surface area contributed by atoms with Gasteiger partial charge in [-0.3, -0.25) is 0 Å². The van der Waals surface area contributed by atoms with Crippen molar-refractivity contribution in [2.45, 2.75) is 13.5 Å². The number of nitrogen functional groups attached to an aromatic ring is 1. The Morgan fingerprint density at radius 2 is 1.95 bits per heavy atom. The van der Waals surface area contributed by atoms with Gasteiger partial charge < -0.3 is 15.2 Å². The van der Waals surface area contributed by atoms with Crippen LogP contribution in [0.5, 0.6) is 11.5 Å². The first kappa shape index (κ1) is 13.7. The molecule has 0 aliphatic heterocycles. The molecule has 0 aliphatic carbocycles. The average molecular weight is 322 g/mol. The van der Waals surface area contributed by atoms with Crippen LogP contribution in [0.3, 0.4) is 0 Å². The summed E-state index contributed by atoms with van der Waals surface area (Å²) in [7, 11) is 1.66. The topological polar surface area (TPSA) is 44.5 Å². The molecule has 0 atom stereocenters. The van der Waals surface area contributed by atoms with E-state index in [1.807, 2.05) is 37.3 Å². The third-order valence-electron chi connectivity index (χ3n) is 2.81. The molecule has 0 aliphatic rings. The second kappa shape index (κ2) is 5.97. The van der Waals surface area contributed by atoms with Gasteiger partial charge >= 0.3 is 0 Å². The van der Waals surface area contributed by atoms with Crippen molar-refractivity contribution in [2.24, 2.45) is 0 Å². The van der Waals surface area contributed by atoms with E-state index in [4.69, 9.17) is 15.2 Å². The second-order valence-corrected chi connectivity index (χ2v) is 5.06. The van der Waals surface area contributed by atoms with E-state index in [-0.39, 0.29) is 0 Å². The number of aryl methyl sites for hydroxylation is 1. The summed E-state index contributed by atoms with van der Waals surface area (Å²) in [5, 5.41) is 0. The molecule has 0 radical (unpaired) electrons. The molecule has 0 aromatic heterocycles. The summed E-state index contributed by atoms with van der Waals surface area (Å²) in [6.07, 6.45) is 0. The lowest BCUT2D eigenvalue weighted by Crippen LogP contribution is -2.00. The van der Waals surface area contributed by atoms with Gasteiger partial charge in [-0.25, -0.2) is 0 Å². The molecule has 0 saturated carbocycles. The van der Waals surface area contributed by atoms with E-state index in [1.54, 1.807) is 7.11 Å². The Kier molecular flexibility index (Phi) is 4.32. The molecule has 0 spiro atoms. The largest absolute Gasteiger partial charge is 0.496 e. The number of anilines is 1. The zero-order valence-electron chi connectivity index (χ0n) is 10.9. The summed E-state index contributed by atoms with van der Waals surface area (Å²) >= 11 is 3.42. The maximum Gasteiger partial charge on any atom is 0.136 e. The molecule has 100 valence electrons. The van der Waals surface area contributed by atoms with Crippen LogP contribution in [0, 0.1) is 6.92 Å². The monoisotopic (exact) mass is 321 g/mol. The number of methoxy groups -OCH3 is 1. The molecular weight excluding hydrogens is 306 g/mol. The second-order valence-electron chi connectivity index (χ2n) is 4.26. The summed E-state index contributed by atoms with van der Waals surface area (Å²) in [6, 6.07) is 11.6. The van der Waals surface area contributed by atoms with E-state index < -0.39 is 0 Å². The van der Waals surface area contributed by atoms with E-state index in [0.29, 0.717) is 12.3 Å². The van der Waals surface area contributed by atoms with Crippen LogP contribution < -0.4 is 15.2 Å². The average Bonchev–Trinajstić information content (AvgIpc) is 2.40. The molecule has 0 saturated heterocycles. The zero-order valence-corrected chi connectivity index (χ0v) is 12.5. The van der Waals surface area contributed by atoms with Crippen molar-refractivity contribution in [2.75, 3.05) is 12.8 Å². The summed E-state index contributed by atoms with van der Waals surface area (Å²) in [5.41, 5.74) is 8.66. The highest BCUT2D eigenvalue weighted by atomic mass is 79.9. The number of nitrogens with two attached hydrogens (primary N) is 1. The predicted molar refractivity (Wildman–Crippen MR) is 80.6 cm³/mol. The highest BCUT2D eigenvalue weighted by Crippen LogP contribution is 2.31. The van der Waals surface area contributed by atoms with Crippen molar-refractivity contribution in [1.29, 1.82) is 0 Å². The number of halogens is 1. The Labute approximate surface area is 121 Å². The highest BCUT2D eigenvalue weighted by Gasteiger charge is 2.07. The number of hydrogen-bond acceptors (Lipinski definition) is 3. The lowest BCUT2D eigenvalue weighted by Gasteiger charge is -2.12. The Bertz CT molecular complexity index is 584. The SMILES string of the molecule is COc1ccc(C)cc1COc1cccc(N)c1Br. The number of ether oxygens (including phenoxy) is 2. The minimum absolute atomic E-state index is 0.437. The van der Waals surface area contributed by atoms with E-state index in [2.05, 4.69) is 22.0 Å². The minimum Gasteiger partial charge on any atom is -0.496 e. The third kappa shape index (κ3) is 3.20. The van der Waals surface area contributed by atoms with E-state index in [9.17, 15) is 0 Å². The first-order chi connectivity index (χ1) is 9.11. The molecule has 3 nitrogen and oxygen atoms in total. The van der Waals surface area contributed by atoms with Gasteiger partial charge in [0.25, 0.3) is 0 Å². The van der Waals surface area contributed by atoms with Gasteiger partial charge in [0.05, 0.1) is 11.6 Å². The molecule has 19 heavy (non-hydrogen) atoms. The Balaban J connectivity index is 2.18. The first-order valence-electron chi connectivity index (χ1n) is 5.92. The van der Waals surface area contributed by atoms with E-state index in [1.165, 1.54) is 5.56 Å². The molecule has 4 heteroatoms. The summed E-state index contributed by atoms with van der Waals surface area (Å²) in [4.78, 5) is 0. The minimum atomic E-state index is 0.437. The van der Waals surface area contributed by atoms with Crippen molar-refractivity contribution in [3.05, 3.63) is 52.0 Å². The summed E-state index contributed by atoms with van der Waals surface area (Å²) in [5.74, 6) is 1.55. The maximum absolute atomic E-state index is 5.82. The van der Waals surface area contributed by atoms with Crippen LogP contribution >= 0.6 is 15.9 Å². The van der Waals surface area contributed by atoms with Crippen LogP contribution in [0.25, 0.3) is 0 Å². The van der Waals surface area contributed by atoms with Crippen molar-refractivity contribution >= 4 is 21.6 Å².